The van der Waals surface area contributed by atoms with Crippen molar-refractivity contribution in [2.24, 2.45) is 0 Å². The van der Waals surface area contributed by atoms with Crippen LogP contribution in [0.25, 0.3) is 11.4 Å². The predicted molar refractivity (Wildman–Crippen MR) is 97.5 cm³/mol. The zero-order chi connectivity index (χ0) is 16.8. The first kappa shape index (κ1) is 16.7. The van der Waals surface area contributed by atoms with Gasteiger partial charge in [0.05, 0.1) is 13.2 Å². The molecule has 0 saturated carbocycles. The molecule has 3 rings (SSSR count). The van der Waals surface area contributed by atoms with Crippen LogP contribution in [0.1, 0.15) is 0 Å². The van der Waals surface area contributed by atoms with E-state index in [0.717, 1.165) is 62.4 Å². The number of benzene rings is 1. The predicted octanol–water partition coefficient (Wildman–Crippen LogP) is 1.95. The molecule has 1 aromatic carbocycles. The molecular formula is C18H25N5O. The van der Waals surface area contributed by atoms with Crippen LogP contribution in [0.4, 0.5) is 11.6 Å². The fourth-order valence-corrected chi connectivity index (χ4v) is 2.60. The van der Waals surface area contributed by atoms with E-state index in [1.54, 1.807) is 0 Å². The topological polar surface area (TPSA) is 53.5 Å². The maximum absolute atomic E-state index is 5.45. The average Bonchev–Trinajstić information content (AvgIpc) is 2.63. The van der Waals surface area contributed by atoms with Crippen molar-refractivity contribution >= 4 is 11.6 Å². The second kappa shape index (κ2) is 8.08. The Morgan fingerprint density at radius 2 is 1.88 bits per heavy atom. The number of rotatable bonds is 6. The monoisotopic (exact) mass is 327 g/mol. The zero-order valence-corrected chi connectivity index (χ0v) is 14.4. The third-order valence-corrected chi connectivity index (χ3v) is 3.94. The van der Waals surface area contributed by atoms with E-state index in [4.69, 9.17) is 14.7 Å². The Morgan fingerprint density at radius 3 is 2.58 bits per heavy atom. The van der Waals surface area contributed by atoms with Crippen LogP contribution >= 0.6 is 0 Å². The number of anilines is 2. The molecule has 24 heavy (non-hydrogen) atoms. The van der Waals surface area contributed by atoms with E-state index in [-0.39, 0.29) is 0 Å². The smallest absolute Gasteiger partial charge is 0.163 e. The number of nitrogens with zero attached hydrogens (tertiary/aromatic N) is 4. The number of hydrogen-bond acceptors (Lipinski definition) is 6. The molecule has 0 amide bonds. The van der Waals surface area contributed by atoms with Gasteiger partial charge in [-0.3, -0.25) is 0 Å². The molecule has 1 N–H and O–H groups in total. The number of likely N-dealkylation sites (N-methyl/N-ethyl adjacent to an activating group) is 1. The number of ether oxygens (including phenoxy) is 1. The first-order valence-electron chi connectivity index (χ1n) is 8.38. The third kappa shape index (κ3) is 4.43. The molecule has 1 saturated heterocycles. The summed E-state index contributed by atoms with van der Waals surface area (Å²) in [5, 5.41) is 3.41. The van der Waals surface area contributed by atoms with Gasteiger partial charge in [0.15, 0.2) is 5.82 Å². The van der Waals surface area contributed by atoms with Gasteiger partial charge in [0.25, 0.3) is 0 Å². The largest absolute Gasteiger partial charge is 0.378 e. The molecule has 0 aliphatic carbocycles. The van der Waals surface area contributed by atoms with Gasteiger partial charge in [-0.05, 0) is 14.1 Å². The number of hydrogen-bond donors (Lipinski definition) is 1. The maximum Gasteiger partial charge on any atom is 0.163 e. The molecule has 0 unspecified atom stereocenters. The molecular weight excluding hydrogens is 302 g/mol. The van der Waals surface area contributed by atoms with Crippen LogP contribution in [0, 0.1) is 0 Å². The summed E-state index contributed by atoms with van der Waals surface area (Å²) in [5.74, 6) is 2.58. The Bertz CT molecular complexity index is 641. The van der Waals surface area contributed by atoms with E-state index < -0.39 is 0 Å². The molecule has 1 aliphatic heterocycles. The lowest BCUT2D eigenvalue weighted by Crippen LogP contribution is -2.37. The van der Waals surface area contributed by atoms with Crippen molar-refractivity contribution in [3.8, 4) is 11.4 Å². The van der Waals surface area contributed by atoms with Crippen molar-refractivity contribution in [3.63, 3.8) is 0 Å². The molecule has 2 heterocycles. The molecule has 1 aliphatic rings. The molecule has 6 nitrogen and oxygen atoms in total. The second-order valence-electron chi connectivity index (χ2n) is 6.13. The Hall–Kier alpha value is -2.18. The summed E-state index contributed by atoms with van der Waals surface area (Å²) >= 11 is 0. The lowest BCUT2D eigenvalue weighted by atomic mass is 10.2. The minimum Gasteiger partial charge on any atom is -0.378 e. The fraction of sp³-hybridized carbons (Fsp3) is 0.444. The van der Waals surface area contributed by atoms with Gasteiger partial charge in [-0.2, -0.15) is 0 Å². The summed E-state index contributed by atoms with van der Waals surface area (Å²) in [6.07, 6.45) is 0. The number of aromatic nitrogens is 2. The normalized spacial score (nSPS) is 14.9. The van der Waals surface area contributed by atoms with Gasteiger partial charge in [-0.15, -0.1) is 0 Å². The Balaban J connectivity index is 1.86. The van der Waals surface area contributed by atoms with Gasteiger partial charge in [0.2, 0.25) is 0 Å². The molecule has 1 fully saturated rings. The highest BCUT2D eigenvalue weighted by Gasteiger charge is 2.15. The second-order valence-corrected chi connectivity index (χ2v) is 6.13. The Labute approximate surface area is 143 Å². The van der Waals surface area contributed by atoms with Gasteiger partial charge in [0.1, 0.15) is 11.6 Å². The minimum absolute atomic E-state index is 0.744. The van der Waals surface area contributed by atoms with Crippen LogP contribution < -0.4 is 10.2 Å². The third-order valence-electron chi connectivity index (χ3n) is 3.94. The molecule has 1 aromatic heterocycles. The van der Waals surface area contributed by atoms with Gasteiger partial charge in [-0.1, -0.05) is 30.3 Å². The lowest BCUT2D eigenvalue weighted by Gasteiger charge is -2.28. The molecule has 128 valence electrons. The first-order valence-corrected chi connectivity index (χ1v) is 8.38. The molecule has 2 aromatic rings. The highest BCUT2D eigenvalue weighted by Crippen LogP contribution is 2.23. The van der Waals surface area contributed by atoms with Crippen LogP contribution in [0.2, 0.25) is 0 Å². The summed E-state index contributed by atoms with van der Waals surface area (Å²) in [6.45, 7) is 5.02. The maximum atomic E-state index is 5.45. The summed E-state index contributed by atoms with van der Waals surface area (Å²) in [7, 11) is 4.13. The average molecular weight is 327 g/mol. The highest BCUT2D eigenvalue weighted by molar-refractivity contribution is 5.61. The van der Waals surface area contributed by atoms with E-state index >= 15 is 0 Å². The van der Waals surface area contributed by atoms with Crippen LogP contribution in [-0.2, 0) is 4.74 Å². The van der Waals surface area contributed by atoms with Gasteiger partial charge < -0.3 is 19.9 Å². The molecule has 6 heteroatoms. The quantitative estimate of drug-likeness (QED) is 0.875. The Kier molecular flexibility index (Phi) is 5.61. The van der Waals surface area contributed by atoms with E-state index in [0.29, 0.717) is 0 Å². The zero-order valence-electron chi connectivity index (χ0n) is 14.4. The fourth-order valence-electron chi connectivity index (χ4n) is 2.60. The van der Waals surface area contributed by atoms with Crippen molar-refractivity contribution < 1.29 is 4.74 Å². The molecule has 0 bridgehead atoms. The highest BCUT2D eigenvalue weighted by atomic mass is 16.5. The van der Waals surface area contributed by atoms with E-state index in [1.807, 2.05) is 36.4 Å². The number of morpholine rings is 1. The molecule has 0 atom stereocenters. The van der Waals surface area contributed by atoms with Crippen molar-refractivity contribution in [2.75, 3.05) is 63.7 Å². The SMILES string of the molecule is CN(C)CCNc1cc(N2CCOCC2)nc(-c2ccccc2)n1. The van der Waals surface area contributed by atoms with Crippen LogP contribution in [0.15, 0.2) is 36.4 Å². The van der Waals surface area contributed by atoms with Crippen molar-refractivity contribution in [2.45, 2.75) is 0 Å². The van der Waals surface area contributed by atoms with E-state index in [9.17, 15) is 0 Å². The summed E-state index contributed by atoms with van der Waals surface area (Å²) in [5.41, 5.74) is 1.03. The van der Waals surface area contributed by atoms with E-state index in [2.05, 4.69) is 29.2 Å². The minimum atomic E-state index is 0.744. The number of nitrogens with one attached hydrogen (secondary N) is 1. The van der Waals surface area contributed by atoms with Crippen molar-refractivity contribution in [1.82, 2.24) is 14.9 Å². The van der Waals surface area contributed by atoms with Crippen LogP contribution in [0.5, 0.6) is 0 Å². The van der Waals surface area contributed by atoms with Crippen molar-refractivity contribution in [1.29, 1.82) is 0 Å². The van der Waals surface area contributed by atoms with Crippen LogP contribution in [0.3, 0.4) is 0 Å². The molecule has 0 radical (unpaired) electrons. The van der Waals surface area contributed by atoms with Crippen molar-refractivity contribution in [3.05, 3.63) is 36.4 Å². The lowest BCUT2D eigenvalue weighted by molar-refractivity contribution is 0.122. The standard InChI is InChI=1S/C18H25N5O/c1-22(2)9-8-19-16-14-17(23-10-12-24-13-11-23)21-18(20-16)15-6-4-3-5-7-15/h3-7,14H,8-13H2,1-2H3,(H,19,20,21). The van der Waals surface area contributed by atoms with Gasteiger partial charge >= 0.3 is 0 Å². The molecule has 0 spiro atoms. The van der Waals surface area contributed by atoms with E-state index in [1.165, 1.54) is 0 Å². The Morgan fingerprint density at radius 1 is 1.12 bits per heavy atom. The van der Waals surface area contributed by atoms with Crippen LogP contribution in [-0.4, -0.2) is 68.4 Å². The summed E-state index contributed by atoms with van der Waals surface area (Å²) in [4.78, 5) is 13.9. The van der Waals surface area contributed by atoms with Gasteiger partial charge in [0, 0.05) is 37.8 Å². The first-order chi connectivity index (χ1) is 11.7. The summed E-state index contributed by atoms with van der Waals surface area (Å²) < 4.78 is 5.45. The summed E-state index contributed by atoms with van der Waals surface area (Å²) in [6, 6.07) is 12.2. The van der Waals surface area contributed by atoms with Gasteiger partial charge in [-0.25, -0.2) is 9.97 Å².